The predicted molar refractivity (Wildman–Crippen MR) is 146 cm³/mol. The number of carbonyl (C=O) groups is 1. The fraction of sp³-hybridized carbons (Fsp3) is 0.407. The third-order valence-corrected chi connectivity index (χ3v) is 9.80. The lowest BCUT2D eigenvalue weighted by molar-refractivity contribution is -0.138. The summed E-state index contributed by atoms with van der Waals surface area (Å²) in [5.74, 6) is -2.10. The quantitative estimate of drug-likeness (QED) is 0.319. The molecule has 0 amide bonds. The fourth-order valence-electron chi connectivity index (χ4n) is 5.85. The van der Waals surface area contributed by atoms with Gasteiger partial charge in [0.25, 0.3) is 6.43 Å². The van der Waals surface area contributed by atoms with Gasteiger partial charge in [0.2, 0.25) is 5.88 Å². The van der Waals surface area contributed by atoms with E-state index in [-0.39, 0.29) is 59.1 Å². The molecule has 2 aliphatic heterocycles. The van der Waals surface area contributed by atoms with Gasteiger partial charge in [0.15, 0.2) is 27.1 Å². The first kappa shape index (κ1) is 27.6. The number of alkyl halides is 2. The Labute approximate surface area is 238 Å². The number of nitrogens with zero attached hydrogens (tertiary/aromatic N) is 4. The number of anilines is 1. The van der Waals surface area contributed by atoms with Crippen LogP contribution >= 0.6 is 11.6 Å². The number of furan rings is 1. The van der Waals surface area contributed by atoms with E-state index in [1.165, 1.54) is 11.1 Å². The van der Waals surface area contributed by atoms with Crippen LogP contribution in [0.4, 0.5) is 14.6 Å². The lowest BCUT2D eigenvalue weighted by Gasteiger charge is -2.30. The average Bonchev–Trinajstić information content (AvgIpc) is 3.50. The van der Waals surface area contributed by atoms with Crippen LogP contribution in [0.5, 0.6) is 5.88 Å². The monoisotopic (exact) mass is 606 g/mol. The van der Waals surface area contributed by atoms with Gasteiger partial charge in [-0.2, -0.15) is 0 Å². The van der Waals surface area contributed by atoms with Crippen molar-refractivity contribution in [3.8, 4) is 5.88 Å². The number of hydrogen-bond acceptors (Lipinski definition) is 9. The summed E-state index contributed by atoms with van der Waals surface area (Å²) in [6, 6.07) is 7.33. The van der Waals surface area contributed by atoms with E-state index in [2.05, 4.69) is 15.0 Å². The molecule has 6 rings (SSSR count). The lowest BCUT2D eigenvalue weighted by Crippen LogP contribution is -2.37. The SMILES string of the molecule is C[C@@H]1CS(=O)(=O)CCC1c1cc(Cl)cnc1O[C@H]1C[C@@H](C(=O)O)N(c2nc(C(F)F)nc3c2oc2ccccc23)C1. The van der Waals surface area contributed by atoms with Crippen molar-refractivity contribution in [2.45, 2.75) is 44.3 Å². The molecule has 3 aromatic heterocycles. The molecule has 10 nitrogen and oxygen atoms in total. The number of halogens is 3. The number of aliphatic carboxylic acids is 1. The molecule has 0 saturated carbocycles. The van der Waals surface area contributed by atoms with Gasteiger partial charge < -0.3 is 19.2 Å². The van der Waals surface area contributed by atoms with E-state index in [0.717, 1.165) is 0 Å². The number of benzene rings is 1. The smallest absolute Gasteiger partial charge is 0.326 e. The summed E-state index contributed by atoms with van der Waals surface area (Å²) < 4.78 is 64.2. The molecule has 14 heteroatoms. The summed E-state index contributed by atoms with van der Waals surface area (Å²) in [5.41, 5.74) is 1.32. The van der Waals surface area contributed by atoms with Crippen LogP contribution in [0.25, 0.3) is 22.1 Å². The van der Waals surface area contributed by atoms with Gasteiger partial charge >= 0.3 is 5.97 Å². The van der Waals surface area contributed by atoms with Gasteiger partial charge in [0.05, 0.1) is 23.1 Å². The number of sulfone groups is 1. The highest BCUT2D eigenvalue weighted by molar-refractivity contribution is 7.91. The maximum atomic E-state index is 13.8. The number of carboxylic acids is 1. The van der Waals surface area contributed by atoms with Crippen molar-refractivity contribution in [1.29, 1.82) is 0 Å². The third kappa shape index (κ3) is 5.16. The molecule has 41 heavy (non-hydrogen) atoms. The second-order valence-corrected chi connectivity index (χ2v) is 13.2. The van der Waals surface area contributed by atoms with Crippen LogP contribution in [0, 0.1) is 5.92 Å². The topological polar surface area (TPSA) is 136 Å². The van der Waals surface area contributed by atoms with Crippen LogP contribution < -0.4 is 9.64 Å². The molecule has 1 N–H and O–H groups in total. The first-order valence-corrected chi connectivity index (χ1v) is 15.2. The first-order chi connectivity index (χ1) is 19.5. The number of pyridine rings is 1. The first-order valence-electron chi connectivity index (χ1n) is 13.0. The summed E-state index contributed by atoms with van der Waals surface area (Å²) in [6.45, 7) is 1.83. The second kappa shape index (κ2) is 10.4. The zero-order chi connectivity index (χ0) is 29.1. The van der Waals surface area contributed by atoms with E-state index >= 15 is 0 Å². The molecule has 5 heterocycles. The maximum absolute atomic E-state index is 13.8. The molecular weight excluding hydrogens is 582 g/mol. The van der Waals surface area contributed by atoms with Gasteiger partial charge in [-0.1, -0.05) is 30.7 Å². The number of para-hydroxylation sites is 1. The molecule has 4 atom stereocenters. The summed E-state index contributed by atoms with van der Waals surface area (Å²) in [5, 5.41) is 11.0. The Kier molecular flexibility index (Phi) is 6.97. The number of fused-ring (bicyclic) bond motifs is 3. The maximum Gasteiger partial charge on any atom is 0.326 e. The average molecular weight is 607 g/mol. The van der Waals surface area contributed by atoms with Crippen molar-refractivity contribution >= 4 is 55.3 Å². The van der Waals surface area contributed by atoms with E-state index in [4.69, 9.17) is 20.8 Å². The Hall–Kier alpha value is -3.58. The molecule has 0 radical (unpaired) electrons. The second-order valence-electron chi connectivity index (χ2n) is 10.5. The summed E-state index contributed by atoms with van der Waals surface area (Å²) in [4.78, 5) is 26.2. The zero-order valence-corrected chi connectivity index (χ0v) is 23.3. The largest absolute Gasteiger partial charge is 0.480 e. The highest BCUT2D eigenvalue weighted by atomic mass is 35.5. The summed E-state index contributed by atoms with van der Waals surface area (Å²) >= 11 is 6.25. The van der Waals surface area contributed by atoms with Crippen molar-refractivity contribution in [3.05, 3.63) is 52.9 Å². The van der Waals surface area contributed by atoms with Crippen LogP contribution in [0.2, 0.25) is 5.02 Å². The minimum atomic E-state index is -3.15. The van der Waals surface area contributed by atoms with Crippen LogP contribution in [0.3, 0.4) is 0 Å². The van der Waals surface area contributed by atoms with Crippen molar-refractivity contribution in [1.82, 2.24) is 15.0 Å². The van der Waals surface area contributed by atoms with Gasteiger partial charge in [-0.05, 0) is 36.5 Å². The number of carboxylic acid groups (broad SMARTS) is 1. The molecule has 1 aromatic carbocycles. The van der Waals surface area contributed by atoms with Crippen molar-refractivity contribution < 1.29 is 36.3 Å². The molecule has 0 aliphatic carbocycles. The van der Waals surface area contributed by atoms with Gasteiger partial charge in [-0.3, -0.25) is 0 Å². The minimum Gasteiger partial charge on any atom is -0.480 e. The van der Waals surface area contributed by atoms with E-state index in [0.29, 0.717) is 28.0 Å². The molecule has 2 saturated heterocycles. The van der Waals surface area contributed by atoms with E-state index < -0.39 is 40.2 Å². The Balaban J connectivity index is 1.37. The van der Waals surface area contributed by atoms with Gasteiger partial charge in [0, 0.05) is 23.6 Å². The van der Waals surface area contributed by atoms with Crippen molar-refractivity contribution in [3.63, 3.8) is 0 Å². The van der Waals surface area contributed by atoms with Crippen LogP contribution in [-0.4, -0.2) is 64.6 Å². The minimum absolute atomic E-state index is 0.00339. The van der Waals surface area contributed by atoms with Crippen molar-refractivity contribution in [2.24, 2.45) is 5.92 Å². The van der Waals surface area contributed by atoms with E-state index in [1.807, 2.05) is 6.92 Å². The number of hydrogen-bond donors (Lipinski definition) is 1. The Morgan fingerprint density at radius 1 is 1.27 bits per heavy atom. The fourth-order valence-corrected chi connectivity index (χ4v) is 7.83. The Morgan fingerprint density at radius 3 is 2.78 bits per heavy atom. The highest BCUT2D eigenvalue weighted by Crippen LogP contribution is 2.41. The molecule has 216 valence electrons. The van der Waals surface area contributed by atoms with Gasteiger partial charge in [-0.15, -0.1) is 0 Å². The highest BCUT2D eigenvalue weighted by Gasteiger charge is 2.42. The molecule has 2 aliphatic rings. The lowest BCUT2D eigenvalue weighted by atomic mass is 9.86. The number of ether oxygens (including phenoxy) is 1. The van der Waals surface area contributed by atoms with Gasteiger partial charge in [-0.25, -0.2) is 36.9 Å². The van der Waals surface area contributed by atoms with E-state index in [9.17, 15) is 27.1 Å². The molecule has 1 unspecified atom stereocenters. The normalized spacial score (nSPS) is 24.4. The molecular formula is C27H25ClF2N4O6S. The van der Waals surface area contributed by atoms with E-state index in [1.54, 1.807) is 30.3 Å². The Morgan fingerprint density at radius 2 is 2.05 bits per heavy atom. The molecule has 4 aromatic rings. The molecule has 2 fully saturated rings. The summed E-state index contributed by atoms with van der Waals surface area (Å²) in [6.07, 6.45) is -1.92. The number of aromatic nitrogens is 3. The van der Waals surface area contributed by atoms with Gasteiger partial charge in [0.1, 0.15) is 23.2 Å². The standard InChI is InChI=1S/C27H25ClF2N4O6S/c1-13-12-41(37,38)7-6-16(13)18-8-14(28)10-31-26(18)39-15-9-19(27(35)36)34(11-15)25-22-21(32-24(33-25)23(29)30)17-4-2-3-5-20(17)40-22/h2-5,8,10,13,15-16,19,23H,6-7,9,11-12H2,1H3,(H,35,36)/t13-,15+,16?,19+/m1/s1. The summed E-state index contributed by atoms with van der Waals surface area (Å²) in [7, 11) is -3.15. The molecule has 0 spiro atoms. The van der Waals surface area contributed by atoms with Crippen LogP contribution in [0.1, 0.15) is 43.5 Å². The zero-order valence-electron chi connectivity index (χ0n) is 21.7. The third-order valence-electron chi connectivity index (χ3n) is 7.70. The molecule has 0 bridgehead atoms. The Bertz CT molecular complexity index is 1770. The van der Waals surface area contributed by atoms with Crippen LogP contribution in [0.15, 0.2) is 40.9 Å². The predicted octanol–water partition coefficient (Wildman–Crippen LogP) is 5.01. The van der Waals surface area contributed by atoms with Crippen LogP contribution in [-0.2, 0) is 14.6 Å². The van der Waals surface area contributed by atoms with Crippen molar-refractivity contribution in [2.75, 3.05) is 23.0 Å². The number of rotatable bonds is 6.